The van der Waals surface area contributed by atoms with E-state index in [2.05, 4.69) is 0 Å². The van der Waals surface area contributed by atoms with Crippen molar-refractivity contribution in [3.8, 4) is 0 Å². The van der Waals surface area contributed by atoms with Gasteiger partial charge in [0.25, 0.3) is 0 Å². The lowest BCUT2D eigenvalue weighted by atomic mass is 10.1. The third kappa shape index (κ3) is 3.25. The summed E-state index contributed by atoms with van der Waals surface area (Å²) in [5.41, 5.74) is 0. The zero-order valence-corrected chi connectivity index (χ0v) is 8.58. The lowest BCUT2D eigenvalue weighted by Gasteiger charge is -2.31. The molecule has 0 rings (SSSR count). The maximum absolute atomic E-state index is 12.8. The van der Waals surface area contributed by atoms with Crippen molar-refractivity contribution in [1.82, 2.24) is 4.90 Å². The van der Waals surface area contributed by atoms with Crippen molar-refractivity contribution in [3.63, 3.8) is 0 Å². The molecule has 0 amide bonds. The number of hydrogen-bond acceptors (Lipinski definition) is 1. The second-order valence-corrected chi connectivity index (χ2v) is 3.64. The first-order chi connectivity index (χ1) is 6.52. The van der Waals surface area contributed by atoms with Crippen molar-refractivity contribution in [2.75, 3.05) is 13.6 Å². The molecule has 0 aliphatic carbocycles. The van der Waals surface area contributed by atoms with Gasteiger partial charge in [-0.2, -0.15) is 17.6 Å². The van der Waals surface area contributed by atoms with Crippen molar-refractivity contribution in [2.24, 2.45) is 0 Å². The van der Waals surface area contributed by atoms with E-state index in [0.29, 0.717) is 0 Å². The molecule has 0 radical (unpaired) electrons. The first-order valence-electron chi connectivity index (χ1n) is 4.26. The minimum atomic E-state index is -5.30. The zero-order valence-electron chi connectivity index (χ0n) is 8.58. The minimum Gasteiger partial charge on any atom is -0.298 e. The topological polar surface area (TPSA) is 3.24 Å². The van der Waals surface area contributed by atoms with Crippen LogP contribution in [0.15, 0.2) is 0 Å². The van der Waals surface area contributed by atoms with Gasteiger partial charge in [-0.05, 0) is 20.9 Å². The Morgan fingerprint density at radius 1 is 1.07 bits per heavy atom. The highest BCUT2D eigenvalue weighted by atomic mass is 19.3. The van der Waals surface area contributed by atoms with E-state index in [-0.39, 0.29) is 0 Å². The molecule has 0 atom stereocenters. The molecule has 0 spiro atoms. The van der Waals surface area contributed by atoms with Gasteiger partial charge in [0, 0.05) is 6.04 Å². The Morgan fingerprint density at radius 3 is 1.73 bits per heavy atom. The van der Waals surface area contributed by atoms with Gasteiger partial charge in [0.15, 0.2) is 0 Å². The third-order valence-corrected chi connectivity index (χ3v) is 2.09. The van der Waals surface area contributed by atoms with E-state index in [9.17, 15) is 26.3 Å². The van der Waals surface area contributed by atoms with Crippen LogP contribution in [-0.2, 0) is 0 Å². The molecule has 0 saturated heterocycles. The molecule has 1 nitrogen and oxygen atoms in total. The van der Waals surface area contributed by atoms with E-state index in [1.807, 2.05) is 0 Å². The average Bonchev–Trinajstić information content (AvgIpc) is 2.02. The molecule has 15 heavy (non-hydrogen) atoms. The fourth-order valence-electron chi connectivity index (χ4n) is 0.761. The maximum atomic E-state index is 12.8. The number of nitrogens with zero attached hydrogens (tertiary/aromatic N) is 1. The van der Waals surface area contributed by atoms with Crippen molar-refractivity contribution < 1.29 is 26.3 Å². The van der Waals surface area contributed by atoms with Crippen LogP contribution in [0.1, 0.15) is 13.8 Å². The zero-order chi connectivity index (χ0) is 12.4. The third-order valence-electron chi connectivity index (χ3n) is 2.09. The van der Waals surface area contributed by atoms with E-state index in [1.54, 1.807) is 0 Å². The molecule has 0 saturated carbocycles. The quantitative estimate of drug-likeness (QED) is 0.664. The molecule has 7 heteroatoms. The van der Waals surface area contributed by atoms with E-state index < -0.39 is 30.9 Å². The Bertz CT molecular complexity index is 203. The highest BCUT2D eigenvalue weighted by Crippen LogP contribution is 2.39. The summed E-state index contributed by atoms with van der Waals surface area (Å²) < 4.78 is 73.8. The van der Waals surface area contributed by atoms with Crippen LogP contribution < -0.4 is 0 Å². The maximum Gasteiger partial charge on any atom is 0.370 e. The highest BCUT2D eigenvalue weighted by molar-refractivity contribution is 4.89. The van der Waals surface area contributed by atoms with Crippen LogP contribution in [-0.4, -0.2) is 42.8 Å². The predicted octanol–water partition coefficient (Wildman–Crippen LogP) is 2.86. The van der Waals surface area contributed by atoms with Crippen LogP contribution >= 0.6 is 0 Å². The lowest BCUT2D eigenvalue weighted by Crippen LogP contribution is -2.53. The van der Waals surface area contributed by atoms with Gasteiger partial charge in [0.2, 0.25) is 0 Å². The van der Waals surface area contributed by atoms with E-state index in [0.717, 1.165) is 4.90 Å². The Balaban J connectivity index is 4.68. The molecule has 0 heterocycles. The van der Waals surface area contributed by atoms with Crippen molar-refractivity contribution in [1.29, 1.82) is 0 Å². The van der Waals surface area contributed by atoms with Gasteiger partial charge >= 0.3 is 18.3 Å². The average molecular weight is 237 g/mol. The standard InChI is InChI=1S/C8H13F6N/c1-5(2)15(3)4-7(11,12)8(13,14)6(9)10/h5-6H,4H2,1-3H3. The summed E-state index contributed by atoms with van der Waals surface area (Å²) in [5, 5.41) is 0. The largest absolute Gasteiger partial charge is 0.370 e. The molecular formula is C8H13F6N. The minimum absolute atomic E-state index is 0.427. The van der Waals surface area contributed by atoms with Crippen LogP contribution in [0.2, 0.25) is 0 Å². The van der Waals surface area contributed by atoms with Crippen LogP contribution in [0.25, 0.3) is 0 Å². The summed E-state index contributed by atoms with van der Waals surface area (Å²) in [5.74, 6) is -10.0. The molecule has 0 unspecified atom stereocenters. The summed E-state index contributed by atoms with van der Waals surface area (Å²) in [6.45, 7) is 1.59. The first-order valence-corrected chi connectivity index (χ1v) is 4.26. The second kappa shape index (κ2) is 4.59. The van der Waals surface area contributed by atoms with E-state index in [1.165, 1.54) is 20.9 Å². The SMILES string of the molecule is CC(C)N(C)CC(F)(F)C(F)(F)C(F)F. The molecule has 92 valence electrons. The molecule has 0 aliphatic rings. The van der Waals surface area contributed by atoms with Crippen molar-refractivity contribution >= 4 is 0 Å². The van der Waals surface area contributed by atoms with Gasteiger partial charge in [0.05, 0.1) is 6.54 Å². The Labute approximate surface area is 84.0 Å². The van der Waals surface area contributed by atoms with Gasteiger partial charge < -0.3 is 0 Å². The van der Waals surface area contributed by atoms with Crippen LogP contribution in [0.3, 0.4) is 0 Å². The summed E-state index contributed by atoms with van der Waals surface area (Å²) in [6.07, 6.45) is -4.37. The first kappa shape index (κ1) is 14.5. The van der Waals surface area contributed by atoms with Gasteiger partial charge in [0.1, 0.15) is 0 Å². The van der Waals surface area contributed by atoms with Crippen molar-refractivity contribution in [2.45, 2.75) is 38.2 Å². The summed E-state index contributed by atoms with van der Waals surface area (Å²) in [4.78, 5) is 0.885. The smallest absolute Gasteiger partial charge is 0.298 e. The molecule has 0 aromatic carbocycles. The summed E-state index contributed by atoms with van der Waals surface area (Å²) in [7, 11) is 1.17. The molecule has 0 aromatic heterocycles. The van der Waals surface area contributed by atoms with Crippen LogP contribution in [0, 0.1) is 0 Å². The van der Waals surface area contributed by atoms with Gasteiger partial charge in [-0.3, -0.25) is 4.90 Å². The van der Waals surface area contributed by atoms with Crippen LogP contribution in [0.5, 0.6) is 0 Å². The van der Waals surface area contributed by atoms with Gasteiger partial charge in [-0.25, -0.2) is 8.78 Å². The molecule has 0 fully saturated rings. The summed E-state index contributed by atoms with van der Waals surface area (Å²) >= 11 is 0. The number of hydrogen-bond donors (Lipinski definition) is 0. The molecule has 0 aliphatic heterocycles. The monoisotopic (exact) mass is 237 g/mol. The Hall–Kier alpha value is -0.460. The summed E-state index contributed by atoms with van der Waals surface area (Å²) in [6, 6.07) is -0.427. The van der Waals surface area contributed by atoms with Gasteiger partial charge in [-0.15, -0.1) is 0 Å². The fourth-order valence-corrected chi connectivity index (χ4v) is 0.761. The number of halogens is 6. The molecule has 0 aromatic rings. The number of alkyl halides is 6. The normalized spacial score (nSPS) is 14.4. The Morgan fingerprint density at radius 2 is 1.47 bits per heavy atom. The lowest BCUT2D eigenvalue weighted by molar-refractivity contribution is -0.268. The van der Waals surface area contributed by atoms with E-state index >= 15 is 0 Å². The predicted molar refractivity (Wildman–Crippen MR) is 43.7 cm³/mol. The molecular weight excluding hydrogens is 224 g/mol. The fraction of sp³-hybridized carbons (Fsp3) is 1.00. The van der Waals surface area contributed by atoms with Crippen LogP contribution in [0.4, 0.5) is 26.3 Å². The van der Waals surface area contributed by atoms with E-state index in [4.69, 9.17) is 0 Å². The number of rotatable bonds is 5. The van der Waals surface area contributed by atoms with Crippen molar-refractivity contribution in [3.05, 3.63) is 0 Å². The molecule has 0 N–H and O–H groups in total. The second-order valence-electron chi connectivity index (χ2n) is 3.64. The highest BCUT2D eigenvalue weighted by Gasteiger charge is 2.62. The van der Waals surface area contributed by atoms with Gasteiger partial charge in [-0.1, -0.05) is 0 Å². The Kier molecular flexibility index (Phi) is 4.45. The molecule has 0 bridgehead atoms.